The minimum Gasteiger partial charge on any atom is -0.461 e. The third-order valence-electron chi connectivity index (χ3n) is 9.39. The van der Waals surface area contributed by atoms with Crippen molar-refractivity contribution in [1.82, 2.24) is 19.8 Å². The third kappa shape index (κ3) is 3.59. The van der Waals surface area contributed by atoms with Gasteiger partial charge in [0, 0.05) is 61.4 Å². The summed E-state index contributed by atoms with van der Waals surface area (Å²) in [6, 6.07) is 4.98. The van der Waals surface area contributed by atoms with Gasteiger partial charge in [-0.25, -0.2) is 4.39 Å². The van der Waals surface area contributed by atoms with Gasteiger partial charge in [0.1, 0.15) is 29.7 Å². The van der Waals surface area contributed by atoms with Crippen LogP contribution in [0.5, 0.6) is 6.01 Å². The molecule has 4 aliphatic heterocycles. The molecule has 38 heavy (non-hydrogen) atoms. The monoisotopic (exact) mass is 534 g/mol. The first-order valence-corrected chi connectivity index (χ1v) is 14.3. The number of thiophene rings is 1. The number of aryl methyl sites for hydroxylation is 1. The zero-order valence-electron chi connectivity index (χ0n) is 21.4. The predicted octanol–water partition coefficient (Wildman–Crippen LogP) is 2.53. The van der Waals surface area contributed by atoms with Crippen molar-refractivity contribution in [3.63, 3.8) is 0 Å². The highest BCUT2D eigenvalue weighted by Gasteiger charge is 2.53. The molecule has 9 nitrogen and oxygen atoms in total. The Labute approximate surface area is 225 Å². The smallest absolute Gasteiger partial charge is 0.318 e. The van der Waals surface area contributed by atoms with Crippen molar-refractivity contribution >= 4 is 22.2 Å². The maximum absolute atomic E-state index is 14.3. The molecule has 2 N–H and O–H groups in total. The van der Waals surface area contributed by atoms with Crippen LogP contribution < -0.4 is 15.4 Å². The van der Waals surface area contributed by atoms with Gasteiger partial charge in [-0.1, -0.05) is 0 Å². The number of fused-ring (bicyclic) bond motifs is 4. The summed E-state index contributed by atoms with van der Waals surface area (Å²) in [6.07, 6.45) is 4.42. The molecule has 0 aromatic carbocycles. The van der Waals surface area contributed by atoms with E-state index in [0.29, 0.717) is 49.2 Å². The molecule has 0 unspecified atom stereocenters. The van der Waals surface area contributed by atoms with E-state index in [1.165, 1.54) is 4.88 Å². The summed E-state index contributed by atoms with van der Waals surface area (Å²) in [4.78, 5) is 17.6. The number of nitrogen functional groups attached to an aromatic ring is 1. The molecule has 1 spiro atoms. The first kappa shape index (κ1) is 24.1. The van der Waals surface area contributed by atoms with Crippen LogP contribution in [-0.4, -0.2) is 77.4 Å². The number of aromatic nitrogens is 2. The van der Waals surface area contributed by atoms with E-state index < -0.39 is 6.17 Å². The van der Waals surface area contributed by atoms with E-state index in [2.05, 4.69) is 26.8 Å². The van der Waals surface area contributed by atoms with Gasteiger partial charge < -0.3 is 15.4 Å². The Balaban J connectivity index is 1.18. The van der Waals surface area contributed by atoms with Gasteiger partial charge in [-0.3, -0.25) is 9.80 Å². The molecule has 0 amide bonds. The number of hydrogen-bond acceptors (Lipinski definition) is 10. The summed E-state index contributed by atoms with van der Waals surface area (Å²) in [5.74, 6) is 0.865. The van der Waals surface area contributed by atoms with Gasteiger partial charge in [0.25, 0.3) is 0 Å². The van der Waals surface area contributed by atoms with E-state index in [9.17, 15) is 14.9 Å². The van der Waals surface area contributed by atoms with Gasteiger partial charge in [0.05, 0.1) is 29.4 Å². The Morgan fingerprint density at radius 1 is 1.18 bits per heavy atom. The van der Waals surface area contributed by atoms with Crippen LogP contribution in [-0.2, 0) is 24.8 Å². The lowest BCUT2D eigenvalue weighted by molar-refractivity contribution is 0.107. The minimum absolute atomic E-state index is 0.0718. The second-order valence-electron chi connectivity index (χ2n) is 11.6. The highest BCUT2D eigenvalue weighted by atomic mass is 32.1. The van der Waals surface area contributed by atoms with Crippen molar-refractivity contribution in [2.45, 2.75) is 62.2 Å². The highest BCUT2D eigenvalue weighted by Crippen LogP contribution is 2.53. The quantitative estimate of drug-likeness (QED) is 0.577. The number of rotatable bonds is 5. The zero-order valence-corrected chi connectivity index (χ0v) is 22.2. The number of hydrogen-bond donors (Lipinski definition) is 1. The van der Waals surface area contributed by atoms with Gasteiger partial charge in [-0.05, 0) is 37.8 Å². The van der Waals surface area contributed by atoms with E-state index >= 15 is 0 Å². The predicted molar refractivity (Wildman–Crippen MR) is 141 cm³/mol. The molecule has 0 saturated carbocycles. The van der Waals surface area contributed by atoms with E-state index in [1.54, 1.807) is 11.3 Å². The summed E-state index contributed by atoms with van der Waals surface area (Å²) < 4.78 is 20.6. The fourth-order valence-corrected chi connectivity index (χ4v) is 8.75. The second-order valence-corrected chi connectivity index (χ2v) is 12.8. The van der Waals surface area contributed by atoms with Crippen LogP contribution in [0.15, 0.2) is 0 Å². The molecule has 2 aromatic rings. The molecule has 5 aliphatic rings. The first-order chi connectivity index (χ1) is 18.4. The molecule has 1 aliphatic carbocycles. The maximum atomic E-state index is 14.3. The number of alkyl halides is 1. The second kappa shape index (κ2) is 8.77. The average molecular weight is 535 g/mol. The molecule has 11 heteroatoms. The van der Waals surface area contributed by atoms with Crippen molar-refractivity contribution in [3.8, 4) is 18.1 Å². The van der Waals surface area contributed by atoms with Crippen molar-refractivity contribution in [1.29, 1.82) is 10.5 Å². The van der Waals surface area contributed by atoms with Crippen molar-refractivity contribution in [3.05, 3.63) is 27.3 Å². The van der Waals surface area contributed by atoms with Crippen LogP contribution in [0.25, 0.3) is 0 Å². The fraction of sp³-hybridized carbons (Fsp3) is 0.630. The number of ether oxygens (including phenoxy) is 1. The summed E-state index contributed by atoms with van der Waals surface area (Å²) in [5.41, 5.74) is 9.68. The van der Waals surface area contributed by atoms with Crippen molar-refractivity contribution < 1.29 is 9.13 Å². The van der Waals surface area contributed by atoms with Gasteiger partial charge in [-0.15, -0.1) is 11.3 Å². The average Bonchev–Trinajstić information content (AvgIpc) is 3.60. The number of halogens is 1. The molecule has 0 radical (unpaired) electrons. The molecular weight excluding hydrogens is 503 g/mol. The van der Waals surface area contributed by atoms with Crippen LogP contribution in [0, 0.1) is 22.7 Å². The van der Waals surface area contributed by atoms with Crippen LogP contribution in [0.1, 0.15) is 52.9 Å². The molecule has 2 aromatic heterocycles. The Morgan fingerprint density at radius 3 is 2.87 bits per heavy atom. The van der Waals surface area contributed by atoms with E-state index in [4.69, 9.17) is 20.4 Å². The van der Waals surface area contributed by atoms with Gasteiger partial charge >= 0.3 is 6.01 Å². The van der Waals surface area contributed by atoms with Gasteiger partial charge in [0.15, 0.2) is 0 Å². The van der Waals surface area contributed by atoms with Crippen LogP contribution in [0.2, 0.25) is 0 Å². The Bertz CT molecular complexity index is 1370. The molecule has 0 bridgehead atoms. The lowest BCUT2D eigenvalue weighted by Gasteiger charge is -2.50. The molecule has 7 rings (SSSR count). The zero-order chi connectivity index (χ0) is 26.1. The Hall–Kier alpha value is -2.99. The van der Waals surface area contributed by atoms with Gasteiger partial charge in [-0.2, -0.15) is 20.5 Å². The highest BCUT2D eigenvalue weighted by molar-refractivity contribution is 7.16. The third-order valence-corrected chi connectivity index (χ3v) is 10.5. The largest absolute Gasteiger partial charge is 0.461 e. The summed E-state index contributed by atoms with van der Waals surface area (Å²) >= 11 is 1.56. The SMILES string of the molecule is N#CCN1CCc2nc(OC[C@@]34CCCN3C[C@H](F)C4)nc(N3CC4(CCc5sc(N)c(C#N)c54)C3)c2C1. The Kier molecular flexibility index (Phi) is 5.56. The van der Waals surface area contributed by atoms with Crippen molar-refractivity contribution in [2.75, 3.05) is 56.5 Å². The number of nitrogens with zero attached hydrogens (tertiary/aromatic N) is 7. The van der Waals surface area contributed by atoms with Crippen molar-refractivity contribution in [2.24, 2.45) is 0 Å². The van der Waals surface area contributed by atoms with Crippen LogP contribution in [0.3, 0.4) is 0 Å². The fourth-order valence-electron chi connectivity index (χ4n) is 7.61. The number of anilines is 2. The lowest BCUT2D eigenvalue weighted by atomic mass is 9.73. The molecule has 6 heterocycles. The standard InChI is InChI=1S/C27H31FN8OS/c28-17-10-27(4-1-7-36(27)12-17)16-37-25-32-20-3-8-34(9-6-29)13-19(20)24(33-25)35-14-26(15-35)5-2-21-22(26)18(11-30)23(31)38-21/h17H,1-5,7-10,12-16,31H2/t17-,27+/m1/s1. The molecular formula is C27H31FN8OS. The summed E-state index contributed by atoms with van der Waals surface area (Å²) in [5, 5.41) is 19.7. The molecule has 2 atom stereocenters. The normalized spacial score (nSPS) is 27.4. The lowest BCUT2D eigenvalue weighted by Crippen LogP contribution is -2.59. The number of nitriles is 2. The molecule has 3 fully saturated rings. The minimum atomic E-state index is -0.803. The van der Waals surface area contributed by atoms with E-state index in [1.807, 2.05) is 0 Å². The maximum Gasteiger partial charge on any atom is 0.318 e. The topological polar surface area (TPSA) is 118 Å². The van der Waals surface area contributed by atoms with Crippen LogP contribution in [0.4, 0.5) is 15.2 Å². The summed E-state index contributed by atoms with van der Waals surface area (Å²) in [6.45, 7) is 5.12. The molecule has 198 valence electrons. The van der Waals surface area contributed by atoms with Gasteiger partial charge in [0.2, 0.25) is 0 Å². The summed E-state index contributed by atoms with van der Waals surface area (Å²) in [7, 11) is 0. The first-order valence-electron chi connectivity index (χ1n) is 13.5. The molecule has 3 saturated heterocycles. The van der Waals surface area contributed by atoms with Crippen LogP contribution >= 0.6 is 11.3 Å². The van der Waals surface area contributed by atoms with E-state index in [0.717, 1.165) is 80.9 Å². The number of nitrogens with two attached hydrogens (primary N) is 1. The van der Waals surface area contributed by atoms with E-state index in [-0.39, 0.29) is 11.0 Å². The Morgan fingerprint density at radius 2 is 2.05 bits per heavy atom.